The number of fused-ring (bicyclic) bond motifs is 1. The van der Waals surface area contributed by atoms with Crippen LogP contribution in [0.1, 0.15) is 0 Å². The first kappa shape index (κ1) is 5.10. The lowest BCUT2D eigenvalue weighted by atomic mass is 10.9. The number of hydrogen-bond acceptors (Lipinski definition) is 5. The van der Waals surface area contributed by atoms with E-state index in [9.17, 15) is 0 Å². The molecular formula is C4H3N3O3. The summed E-state index contributed by atoms with van der Waals surface area (Å²) in [6.45, 7) is 0. The van der Waals surface area contributed by atoms with E-state index in [2.05, 4.69) is 14.5 Å². The molecule has 0 aliphatic carbocycles. The molecule has 0 radical (unpaired) electrons. The lowest BCUT2D eigenvalue weighted by Crippen LogP contribution is -1.76. The normalized spacial score (nSPS) is 10.8. The molecule has 2 N–H and O–H groups in total. The van der Waals surface area contributed by atoms with Gasteiger partial charge in [-0.15, -0.1) is 0 Å². The first-order valence-corrected chi connectivity index (χ1v) is 2.50. The molecule has 0 unspecified atom stereocenters. The molecule has 0 aliphatic heterocycles. The van der Waals surface area contributed by atoms with Crippen molar-refractivity contribution < 1.29 is 14.6 Å². The van der Waals surface area contributed by atoms with Crippen LogP contribution in [0.4, 0.5) is 0 Å². The first-order chi connectivity index (χ1) is 4.75. The van der Waals surface area contributed by atoms with Crippen molar-refractivity contribution in [1.82, 2.24) is 14.6 Å². The number of aromatic hydroxyl groups is 2. The zero-order chi connectivity index (χ0) is 7.14. The highest BCUT2D eigenvalue weighted by atomic mass is 16.5. The predicted molar refractivity (Wildman–Crippen MR) is 28.6 cm³/mol. The molecule has 52 valence electrons. The molecule has 0 aliphatic rings. The Hall–Kier alpha value is -1.72. The second kappa shape index (κ2) is 1.41. The van der Waals surface area contributed by atoms with Crippen LogP contribution in [-0.2, 0) is 0 Å². The van der Waals surface area contributed by atoms with Crippen molar-refractivity contribution in [3.8, 4) is 12.0 Å². The molecule has 2 aromatic rings. The SMILES string of the molecule is Oc1cn2nc(O)oc2n1. The first-order valence-electron chi connectivity index (χ1n) is 2.50. The molecule has 0 aromatic carbocycles. The monoisotopic (exact) mass is 141 g/mol. The highest BCUT2D eigenvalue weighted by molar-refractivity contribution is 5.27. The van der Waals surface area contributed by atoms with Gasteiger partial charge >= 0.3 is 11.9 Å². The minimum atomic E-state index is -0.470. The van der Waals surface area contributed by atoms with Gasteiger partial charge in [0, 0.05) is 0 Å². The summed E-state index contributed by atoms with van der Waals surface area (Å²) in [4.78, 5) is 3.46. The fourth-order valence-corrected chi connectivity index (χ4v) is 0.678. The van der Waals surface area contributed by atoms with Crippen LogP contribution in [0, 0.1) is 0 Å². The standard InChI is InChI=1S/C4H3N3O3/c8-2-1-7-3(5-2)10-4(9)6-7/h1,8H,(H,6,9). The van der Waals surface area contributed by atoms with Gasteiger partial charge in [0.15, 0.2) is 0 Å². The van der Waals surface area contributed by atoms with Gasteiger partial charge in [-0.25, -0.2) is 0 Å². The Balaban J connectivity index is 2.83. The molecule has 2 rings (SSSR count). The van der Waals surface area contributed by atoms with Crippen LogP contribution in [0.25, 0.3) is 5.84 Å². The van der Waals surface area contributed by atoms with Gasteiger partial charge in [0.2, 0.25) is 5.88 Å². The van der Waals surface area contributed by atoms with E-state index in [1.165, 1.54) is 6.20 Å². The van der Waals surface area contributed by atoms with Gasteiger partial charge in [0.1, 0.15) is 0 Å². The third-order valence-electron chi connectivity index (χ3n) is 1.02. The smallest absolute Gasteiger partial charge is 0.412 e. The third kappa shape index (κ3) is 0.524. The summed E-state index contributed by atoms with van der Waals surface area (Å²) in [5.41, 5.74) is 0. The Morgan fingerprint density at radius 3 is 3.00 bits per heavy atom. The zero-order valence-electron chi connectivity index (χ0n) is 4.72. The van der Waals surface area contributed by atoms with Crippen molar-refractivity contribution in [3.05, 3.63) is 6.20 Å². The van der Waals surface area contributed by atoms with E-state index in [4.69, 9.17) is 10.2 Å². The summed E-state index contributed by atoms with van der Waals surface area (Å²) in [5, 5.41) is 20.8. The maximum atomic E-state index is 8.72. The summed E-state index contributed by atoms with van der Waals surface area (Å²) in [6, 6.07) is 0. The molecule has 0 fully saturated rings. The Morgan fingerprint density at radius 2 is 2.30 bits per heavy atom. The van der Waals surface area contributed by atoms with E-state index in [0.29, 0.717) is 0 Å². The van der Waals surface area contributed by atoms with Crippen molar-refractivity contribution in [3.63, 3.8) is 0 Å². The van der Waals surface area contributed by atoms with Gasteiger partial charge in [0.05, 0.1) is 6.20 Å². The largest absolute Gasteiger partial charge is 0.492 e. The number of aromatic nitrogens is 3. The molecule has 0 spiro atoms. The average Bonchev–Trinajstić information content (AvgIpc) is 2.21. The third-order valence-corrected chi connectivity index (χ3v) is 1.02. The van der Waals surface area contributed by atoms with Crippen LogP contribution in [0.5, 0.6) is 12.0 Å². The lowest BCUT2D eigenvalue weighted by Gasteiger charge is -1.73. The lowest BCUT2D eigenvalue weighted by molar-refractivity contribution is 0.323. The molecular weight excluding hydrogens is 138 g/mol. The number of hydrogen-bond donors (Lipinski definition) is 2. The van der Waals surface area contributed by atoms with E-state index in [1.54, 1.807) is 0 Å². The molecule has 10 heavy (non-hydrogen) atoms. The number of imidazole rings is 1. The van der Waals surface area contributed by atoms with E-state index in [-0.39, 0.29) is 11.7 Å². The fraction of sp³-hybridized carbons (Fsp3) is 0. The molecule has 0 saturated heterocycles. The van der Waals surface area contributed by atoms with Gasteiger partial charge in [0.25, 0.3) is 0 Å². The van der Waals surface area contributed by atoms with Crippen LogP contribution in [0.15, 0.2) is 10.6 Å². The van der Waals surface area contributed by atoms with Gasteiger partial charge in [-0.2, -0.15) is 9.50 Å². The highest BCUT2D eigenvalue weighted by Crippen LogP contribution is 2.13. The van der Waals surface area contributed by atoms with E-state index in [1.807, 2.05) is 0 Å². The van der Waals surface area contributed by atoms with Crippen molar-refractivity contribution in [1.29, 1.82) is 0 Å². The summed E-state index contributed by atoms with van der Waals surface area (Å²) < 4.78 is 5.65. The van der Waals surface area contributed by atoms with Crippen molar-refractivity contribution in [2.24, 2.45) is 0 Å². The molecule has 6 nitrogen and oxygen atoms in total. The van der Waals surface area contributed by atoms with E-state index >= 15 is 0 Å². The molecule has 0 saturated carbocycles. The topological polar surface area (TPSA) is 83.8 Å². The van der Waals surface area contributed by atoms with E-state index in [0.717, 1.165) is 4.52 Å². The molecule has 2 aromatic heterocycles. The number of nitrogens with zero attached hydrogens (tertiary/aromatic N) is 3. The molecule has 0 amide bonds. The molecule has 0 atom stereocenters. The van der Waals surface area contributed by atoms with Gasteiger partial charge in [-0.3, -0.25) is 0 Å². The summed E-state index contributed by atoms with van der Waals surface area (Å²) in [7, 11) is 0. The fourth-order valence-electron chi connectivity index (χ4n) is 0.678. The Morgan fingerprint density at radius 1 is 1.50 bits per heavy atom. The summed E-state index contributed by atoms with van der Waals surface area (Å²) in [6.07, 6.45) is 0.751. The van der Waals surface area contributed by atoms with Crippen molar-refractivity contribution >= 4 is 5.84 Å². The Bertz CT molecular complexity index is 300. The van der Waals surface area contributed by atoms with E-state index < -0.39 is 6.08 Å². The maximum Gasteiger partial charge on any atom is 0.412 e. The van der Waals surface area contributed by atoms with Crippen LogP contribution < -0.4 is 0 Å². The van der Waals surface area contributed by atoms with Crippen molar-refractivity contribution in [2.75, 3.05) is 0 Å². The molecule has 2 heterocycles. The summed E-state index contributed by atoms with van der Waals surface area (Å²) >= 11 is 0. The van der Waals surface area contributed by atoms with Gasteiger partial charge in [-0.1, -0.05) is 5.10 Å². The van der Waals surface area contributed by atoms with Crippen LogP contribution in [0.3, 0.4) is 0 Å². The minimum absolute atomic E-state index is 0.0648. The molecule has 0 bridgehead atoms. The Labute approximate surface area is 54.3 Å². The highest BCUT2D eigenvalue weighted by Gasteiger charge is 2.06. The second-order valence-corrected chi connectivity index (χ2v) is 1.71. The van der Waals surface area contributed by atoms with Gasteiger partial charge in [-0.05, 0) is 0 Å². The van der Waals surface area contributed by atoms with Gasteiger partial charge < -0.3 is 14.6 Å². The van der Waals surface area contributed by atoms with Crippen LogP contribution in [0.2, 0.25) is 0 Å². The predicted octanol–water partition coefficient (Wildman–Crippen LogP) is -0.267. The van der Waals surface area contributed by atoms with Crippen LogP contribution >= 0.6 is 0 Å². The minimum Gasteiger partial charge on any atom is -0.492 e. The quantitative estimate of drug-likeness (QED) is 0.527. The zero-order valence-corrected chi connectivity index (χ0v) is 4.72. The summed E-state index contributed by atoms with van der Waals surface area (Å²) in [5.74, 6) is -0.124. The molecule has 6 heteroatoms. The average molecular weight is 141 g/mol. The van der Waals surface area contributed by atoms with Crippen molar-refractivity contribution in [2.45, 2.75) is 0 Å². The number of rotatable bonds is 0. The Kier molecular flexibility index (Phi) is 0.717. The van der Waals surface area contributed by atoms with Crippen LogP contribution in [-0.4, -0.2) is 24.8 Å². The maximum absolute atomic E-state index is 8.72. The second-order valence-electron chi connectivity index (χ2n) is 1.71.